The molecule has 0 amide bonds. The predicted molar refractivity (Wildman–Crippen MR) is 81.9 cm³/mol. The Morgan fingerprint density at radius 2 is 2.10 bits per heavy atom. The van der Waals surface area contributed by atoms with E-state index in [0.717, 1.165) is 54.7 Å². The molecule has 1 saturated heterocycles. The second-order valence-corrected chi connectivity index (χ2v) is 5.59. The van der Waals surface area contributed by atoms with Crippen molar-refractivity contribution in [2.75, 3.05) is 31.1 Å². The molecule has 0 unspecified atom stereocenters. The Morgan fingerprint density at radius 3 is 2.70 bits per heavy atom. The summed E-state index contributed by atoms with van der Waals surface area (Å²) in [5, 5.41) is 12.8. The van der Waals surface area contributed by atoms with E-state index in [2.05, 4.69) is 34.3 Å². The third-order valence-electron chi connectivity index (χ3n) is 4.06. The van der Waals surface area contributed by atoms with Crippen molar-refractivity contribution in [3.8, 4) is 6.07 Å². The molecule has 2 rings (SSSR count). The molecule has 0 aromatic carbocycles. The van der Waals surface area contributed by atoms with Crippen LogP contribution in [0, 0.1) is 31.1 Å². The largest absolute Gasteiger partial charge is 0.370 e. The Morgan fingerprint density at radius 1 is 1.40 bits per heavy atom. The fourth-order valence-corrected chi connectivity index (χ4v) is 2.92. The van der Waals surface area contributed by atoms with Crippen LogP contribution in [0.5, 0.6) is 0 Å². The molecule has 0 spiro atoms. The molecule has 1 fully saturated rings. The normalized spacial score (nSPS) is 16.2. The molecule has 4 nitrogen and oxygen atoms in total. The van der Waals surface area contributed by atoms with Gasteiger partial charge in [-0.2, -0.15) is 5.26 Å². The SMILES string of the molecule is CCNCC1CCN(c2cc(C)nc(C)c2C#N)CC1. The summed E-state index contributed by atoms with van der Waals surface area (Å²) < 4.78 is 0. The van der Waals surface area contributed by atoms with Crippen LogP contribution in [0.15, 0.2) is 6.07 Å². The average molecular weight is 272 g/mol. The van der Waals surface area contributed by atoms with Crippen molar-refractivity contribution in [1.29, 1.82) is 5.26 Å². The highest BCUT2D eigenvalue weighted by molar-refractivity contribution is 5.61. The molecule has 0 aliphatic carbocycles. The van der Waals surface area contributed by atoms with Crippen molar-refractivity contribution >= 4 is 5.69 Å². The Bertz CT molecular complexity index is 496. The van der Waals surface area contributed by atoms with E-state index in [-0.39, 0.29) is 0 Å². The highest BCUT2D eigenvalue weighted by Gasteiger charge is 2.22. The Labute approximate surface area is 121 Å². The van der Waals surface area contributed by atoms with Crippen LogP contribution in [0.3, 0.4) is 0 Å². The molecule has 108 valence electrons. The van der Waals surface area contributed by atoms with Gasteiger partial charge in [-0.25, -0.2) is 0 Å². The number of pyridine rings is 1. The monoisotopic (exact) mass is 272 g/mol. The molecular weight excluding hydrogens is 248 g/mol. The number of nitriles is 1. The van der Waals surface area contributed by atoms with Gasteiger partial charge in [0.2, 0.25) is 0 Å². The molecule has 0 bridgehead atoms. The summed E-state index contributed by atoms with van der Waals surface area (Å²) in [7, 11) is 0. The maximum atomic E-state index is 9.36. The van der Waals surface area contributed by atoms with Gasteiger partial charge in [0.25, 0.3) is 0 Å². The van der Waals surface area contributed by atoms with E-state index >= 15 is 0 Å². The van der Waals surface area contributed by atoms with Gasteiger partial charge >= 0.3 is 0 Å². The molecule has 1 aliphatic rings. The lowest BCUT2D eigenvalue weighted by Gasteiger charge is -2.34. The second kappa shape index (κ2) is 6.71. The zero-order valence-corrected chi connectivity index (χ0v) is 12.7. The van der Waals surface area contributed by atoms with Gasteiger partial charge in [0.05, 0.1) is 16.9 Å². The van der Waals surface area contributed by atoms with Crippen LogP contribution in [0.2, 0.25) is 0 Å². The lowest BCUT2D eigenvalue weighted by molar-refractivity contribution is 0.386. The van der Waals surface area contributed by atoms with Crippen molar-refractivity contribution < 1.29 is 0 Å². The van der Waals surface area contributed by atoms with Crippen molar-refractivity contribution in [1.82, 2.24) is 10.3 Å². The van der Waals surface area contributed by atoms with Gasteiger partial charge in [0, 0.05) is 18.8 Å². The van der Waals surface area contributed by atoms with Gasteiger partial charge in [-0.15, -0.1) is 0 Å². The van der Waals surface area contributed by atoms with Crippen molar-refractivity contribution in [2.45, 2.75) is 33.6 Å². The summed E-state index contributed by atoms with van der Waals surface area (Å²) in [5.41, 5.74) is 3.64. The molecule has 2 heterocycles. The van der Waals surface area contributed by atoms with Crippen LogP contribution in [0.4, 0.5) is 5.69 Å². The summed E-state index contributed by atoms with van der Waals surface area (Å²) >= 11 is 0. The number of hydrogen-bond acceptors (Lipinski definition) is 4. The van der Waals surface area contributed by atoms with Crippen LogP contribution in [-0.4, -0.2) is 31.2 Å². The summed E-state index contributed by atoms with van der Waals surface area (Å²) in [6.07, 6.45) is 2.39. The fourth-order valence-electron chi connectivity index (χ4n) is 2.92. The first-order chi connectivity index (χ1) is 9.65. The maximum absolute atomic E-state index is 9.36. The van der Waals surface area contributed by atoms with Crippen molar-refractivity contribution in [3.63, 3.8) is 0 Å². The number of rotatable bonds is 4. The highest BCUT2D eigenvalue weighted by Crippen LogP contribution is 2.27. The van der Waals surface area contributed by atoms with Gasteiger partial charge in [-0.05, 0) is 51.8 Å². The first kappa shape index (κ1) is 14.8. The number of hydrogen-bond donors (Lipinski definition) is 1. The Hall–Kier alpha value is -1.60. The first-order valence-electron chi connectivity index (χ1n) is 7.49. The molecule has 0 atom stereocenters. The molecule has 0 radical (unpaired) electrons. The molecule has 1 N–H and O–H groups in total. The zero-order valence-electron chi connectivity index (χ0n) is 12.7. The van der Waals surface area contributed by atoms with Gasteiger partial charge < -0.3 is 10.2 Å². The second-order valence-electron chi connectivity index (χ2n) is 5.59. The van der Waals surface area contributed by atoms with Crippen LogP contribution in [0.1, 0.15) is 36.7 Å². The topological polar surface area (TPSA) is 52.0 Å². The minimum atomic E-state index is 0.737. The standard InChI is InChI=1S/C16H24N4/c1-4-18-11-14-5-7-20(8-6-14)16-9-12(2)19-13(3)15(16)10-17/h9,14,18H,4-8,11H2,1-3H3. The number of nitrogens with zero attached hydrogens (tertiary/aromatic N) is 3. The zero-order chi connectivity index (χ0) is 14.5. The minimum Gasteiger partial charge on any atom is -0.370 e. The number of nitrogens with one attached hydrogen (secondary N) is 1. The average Bonchev–Trinajstić information content (AvgIpc) is 2.45. The number of aromatic nitrogens is 1. The van der Waals surface area contributed by atoms with Gasteiger partial charge in [-0.3, -0.25) is 4.98 Å². The van der Waals surface area contributed by atoms with E-state index in [4.69, 9.17) is 0 Å². The van der Waals surface area contributed by atoms with Crippen molar-refractivity contribution in [2.24, 2.45) is 5.92 Å². The molecule has 1 aromatic rings. The number of aryl methyl sites for hydroxylation is 2. The Balaban J connectivity index is 2.09. The highest BCUT2D eigenvalue weighted by atomic mass is 15.1. The van der Waals surface area contributed by atoms with Gasteiger partial charge in [-0.1, -0.05) is 6.92 Å². The molecule has 1 aromatic heterocycles. The lowest BCUT2D eigenvalue weighted by Crippen LogP contribution is -2.37. The van der Waals surface area contributed by atoms with E-state index in [9.17, 15) is 5.26 Å². The fraction of sp³-hybridized carbons (Fsp3) is 0.625. The molecule has 1 aliphatic heterocycles. The molecule has 20 heavy (non-hydrogen) atoms. The van der Waals surface area contributed by atoms with Crippen LogP contribution < -0.4 is 10.2 Å². The Kier molecular flexibility index (Phi) is 4.97. The molecular formula is C16H24N4. The predicted octanol–water partition coefficient (Wildman–Crippen LogP) is 2.40. The van der Waals surface area contributed by atoms with E-state index in [0.29, 0.717) is 0 Å². The van der Waals surface area contributed by atoms with Crippen LogP contribution in [0.25, 0.3) is 0 Å². The molecule has 0 saturated carbocycles. The van der Waals surface area contributed by atoms with Crippen LogP contribution >= 0.6 is 0 Å². The first-order valence-corrected chi connectivity index (χ1v) is 7.49. The summed E-state index contributed by atoms with van der Waals surface area (Å²) in [6, 6.07) is 4.37. The number of anilines is 1. The summed E-state index contributed by atoms with van der Waals surface area (Å²) in [6.45, 7) is 10.3. The maximum Gasteiger partial charge on any atom is 0.103 e. The lowest BCUT2D eigenvalue weighted by atomic mass is 9.95. The molecule has 4 heteroatoms. The van der Waals surface area contributed by atoms with Crippen molar-refractivity contribution in [3.05, 3.63) is 23.0 Å². The van der Waals surface area contributed by atoms with Gasteiger partial charge in [0.15, 0.2) is 0 Å². The van der Waals surface area contributed by atoms with E-state index < -0.39 is 0 Å². The third kappa shape index (κ3) is 3.29. The van der Waals surface area contributed by atoms with E-state index in [1.54, 1.807) is 0 Å². The minimum absolute atomic E-state index is 0.737. The van der Waals surface area contributed by atoms with Crippen LogP contribution in [-0.2, 0) is 0 Å². The smallest absolute Gasteiger partial charge is 0.103 e. The van der Waals surface area contributed by atoms with E-state index in [1.807, 2.05) is 13.8 Å². The van der Waals surface area contributed by atoms with E-state index in [1.165, 1.54) is 12.8 Å². The van der Waals surface area contributed by atoms with Gasteiger partial charge in [0.1, 0.15) is 6.07 Å². The number of piperidine rings is 1. The quantitative estimate of drug-likeness (QED) is 0.914. The summed E-state index contributed by atoms with van der Waals surface area (Å²) in [5.74, 6) is 0.765. The summed E-state index contributed by atoms with van der Waals surface area (Å²) in [4.78, 5) is 6.75. The third-order valence-corrected chi connectivity index (χ3v) is 4.06.